The van der Waals surface area contributed by atoms with Crippen LogP contribution in [0.25, 0.3) is 17.0 Å². The van der Waals surface area contributed by atoms with E-state index in [1.165, 1.54) is 16.7 Å². The number of aromatic nitrogens is 3. The molecule has 1 aromatic heterocycles. The lowest BCUT2D eigenvalue weighted by molar-refractivity contribution is -0.131. The standard InChI is InChI=1S/C22H22N4OS/c1-16-7-9-19(10-8-16)21-23-24-22(28)26(21)15-20(27)25-13-11-18(12-14-25)17-5-3-2-4-6-17/h2-11H,12-15H2,1H3,(H,24,28). The Bertz CT molecular complexity index is 1060. The molecule has 0 radical (unpaired) electrons. The van der Waals surface area contributed by atoms with Crippen molar-refractivity contribution in [3.63, 3.8) is 0 Å². The van der Waals surface area contributed by atoms with Gasteiger partial charge >= 0.3 is 0 Å². The lowest BCUT2D eigenvalue weighted by Gasteiger charge is -2.27. The van der Waals surface area contributed by atoms with Crippen LogP contribution in [0.3, 0.4) is 0 Å². The van der Waals surface area contributed by atoms with Gasteiger partial charge in [-0.25, -0.2) is 0 Å². The van der Waals surface area contributed by atoms with Crippen LogP contribution in [0.15, 0.2) is 60.7 Å². The summed E-state index contributed by atoms with van der Waals surface area (Å²) in [5.41, 5.74) is 4.64. The second-order valence-corrected chi connectivity index (χ2v) is 7.38. The van der Waals surface area contributed by atoms with E-state index in [2.05, 4.69) is 28.4 Å². The number of benzene rings is 2. The third-order valence-corrected chi connectivity index (χ3v) is 5.38. The minimum atomic E-state index is 0.0502. The molecular weight excluding hydrogens is 368 g/mol. The molecule has 4 rings (SSSR count). The van der Waals surface area contributed by atoms with Crippen molar-refractivity contribution in [2.45, 2.75) is 19.9 Å². The molecule has 6 heteroatoms. The maximum Gasteiger partial charge on any atom is 0.242 e. The van der Waals surface area contributed by atoms with Crippen molar-refractivity contribution >= 4 is 23.7 Å². The summed E-state index contributed by atoms with van der Waals surface area (Å²) in [6.45, 7) is 3.56. The van der Waals surface area contributed by atoms with Crippen molar-refractivity contribution in [1.29, 1.82) is 0 Å². The summed E-state index contributed by atoms with van der Waals surface area (Å²) < 4.78 is 2.24. The normalized spacial score (nSPS) is 14.0. The molecule has 0 saturated heterocycles. The van der Waals surface area contributed by atoms with Gasteiger partial charge in [-0.2, -0.15) is 5.10 Å². The number of carbonyl (C=O) groups excluding carboxylic acids is 1. The van der Waals surface area contributed by atoms with Gasteiger partial charge in [0.15, 0.2) is 10.6 Å². The molecule has 0 atom stereocenters. The molecule has 1 aliphatic heterocycles. The number of H-pyrrole nitrogens is 1. The summed E-state index contributed by atoms with van der Waals surface area (Å²) in [6.07, 6.45) is 3.00. The largest absolute Gasteiger partial charge is 0.337 e. The second-order valence-electron chi connectivity index (χ2n) is 6.99. The van der Waals surface area contributed by atoms with E-state index in [-0.39, 0.29) is 12.5 Å². The van der Waals surface area contributed by atoms with Gasteiger partial charge in [0.05, 0.1) is 0 Å². The van der Waals surface area contributed by atoms with Crippen LogP contribution >= 0.6 is 12.2 Å². The van der Waals surface area contributed by atoms with Crippen molar-refractivity contribution in [1.82, 2.24) is 19.7 Å². The molecular formula is C22H22N4OS. The third kappa shape index (κ3) is 3.82. The third-order valence-electron chi connectivity index (χ3n) is 5.07. The minimum Gasteiger partial charge on any atom is -0.337 e. The van der Waals surface area contributed by atoms with Crippen molar-refractivity contribution in [3.8, 4) is 11.4 Å². The molecule has 28 heavy (non-hydrogen) atoms. The molecule has 2 heterocycles. The van der Waals surface area contributed by atoms with Crippen molar-refractivity contribution < 1.29 is 4.79 Å². The van der Waals surface area contributed by atoms with Gasteiger partial charge in [-0.15, -0.1) is 0 Å². The van der Waals surface area contributed by atoms with E-state index in [1.807, 2.05) is 54.3 Å². The van der Waals surface area contributed by atoms with Gasteiger partial charge < -0.3 is 4.90 Å². The highest BCUT2D eigenvalue weighted by Crippen LogP contribution is 2.23. The zero-order valence-corrected chi connectivity index (χ0v) is 16.6. The second kappa shape index (κ2) is 7.94. The number of hydrogen-bond donors (Lipinski definition) is 1. The Morgan fingerprint density at radius 2 is 1.86 bits per heavy atom. The number of aryl methyl sites for hydroxylation is 1. The Labute approximate surface area is 169 Å². The van der Waals surface area contributed by atoms with E-state index in [9.17, 15) is 4.79 Å². The molecule has 142 valence electrons. The monoisotopic (exact) mass is 390 g/mol. The van der Waals surface area contributed by atoms with Gasteiger partial charge in [0.2, 0.25) is 5.91 Å². The predicted molar refractivity (Wildman–Crippen MR) is 113 cm³/mol. The molecule has 0 aliphatic carbocycles. The lowest BCUT2D eigenvalue weighted by Crippen LogP contribution is -2.37. The molecule has 0 bridgehead atoms. The fourth-order valence-electron chi connectivity index (χ4n) is 3.43. The van der Waals surface area contributed by atoms with E-state index >= 15 is 0 Å². The van der Waals surface area contributed by atoms with Crippen LogP contribution in [-0.2, 0) is 11.3 Å². The Hall–Kier alpha value is -2.99. The molecule has 2 aromatic carbocycles. The Morgan fingerprint density at radius 3 is 2.54 bits per heavy atom. The zero-order chi connectivity index (χ0) is 19.5. The van der Waals surface area contributed by atoms with E-state index in [1.54, 1.807) is 4.57 Å². The Kier molecular flexibility index (Phi) is 5.21. The molecule has 1 N–H and O–H groups in total. The molecule has 0 saturated carbocycles. The predicted octanol–water partition coefficient (Wildman–Crippen LogP) is 4.23. The summed E-state index contributed by atoms with van der Waals surface area (Å²) in [5.74, 6) is 0.741. The number of nitrogens with one attached hydrogen (secondary N) is 1. The van der Waals surface area contributed by atoms with Gasteiger partial charge in [-0.05, 0) is 36.7 Å². The molecule has 1 amide bonds. The first-order chi connectivity index (χ1) is 13.6. The molecule has 0 spiro atoms. The summed E-state index contributed by atoms with van der Waals surface area (Å²) in [5, 5.41) is 7.15. The summed E-state index contributed by atoms with van der Waals surface area (Å²) >= 11 is 5.36. The maximum atomic E-state index is 12.9. The maximum absolute atomic E-state index is 12.9. The van der Waals surface area contributed by atoms with E-state index in [0.717, 1.165) is 12.0 Å². The fraction of sp³-hybridized carbons (Fsp3) is 0.227. The van der Waals surface area contributed by atoms with Gasteiger partial charge in [-0.3, -0.25) is 14.5 Å². The number of aromatic amines is 1. The highest BCUT2D eigenvalue weighted by atomic mass is 32.1. The van der Waals surface area contributed by atoms with E-state index in [0.29, 0.717) is 23.7 Å². The first kappa shape index (κ1) is 18.4. The van der Waals surface area contributed by atoms with Gasteiger partial charge in [0.1, 0.15) is 6.54 Å². The van der Waals surface area contributed by atoms with Crippen LogP contribution in [0.5, 0.6) is 0 Å². The molecule has 0 fully saturated rings. The minimum absolute atomic E-state index is 0.0502. The first-order valence-corrected chi connectivity index (χ1v) is 9.77. The number of rotatable bonds is 4. The molecule has 5 nitrogen and oxygen atoms in total. The van der Waals surface area contributed by atoms with Gasteiger partial charge in [0, 0.05) is 18.7 Å². The first-order valence-electron chi connectivity index (χ1n) is 9.36. The van der Waals surface area contributed by atoms with Crippen LogP contribution in [0, 0.1) is 11.7 Å². The topological polar surface area (TPSA) is 53.9 Å². The van der Waals surface area contributed by atoms with Gasteiger partial charge in [0.25, 0.3) is 0 Å². The smallest absolute Gasteiger partial charge is 0.242 e. The Morgan fingerprint density at radius 1 is 1.11 bits per heavy atom. The molecule has 1 aliphatic rings. The fourth-order valence-corrected chi connectivity index (χ4v) is 3.63. The highest BCUT2D eigenvalue weighted by molar-refractivity contribution is 7.71. The van der Waals surface area contributed by atoms with Crippen molar-refractivity contribution in [3.05, 3.63) is 76.6 Å². The summed E-state index contributed by atoms with van der Waals surface area (Å²) in [4.78, 5) is 14.8. The number of nitrogens with zero attached hydrogens (tertiary/aromatic N) is 3. The molecule has 0 unspecified atom stereocenters. The van der Waals surface area contributed by atoms with Gasteiger partial charge in [-0.1, -0.05) is 66.2 Å². The van der Waals surface area contributed by atoms with E-state index in [4.69, 9.17) is 12.2 Å². The highest BCUT2D eigenvalue weighted by Gasteiger charge is 2.20. The van der Waals surface area contributed by atoms with Crippen LogP contribution in [0.1, 0.15) is 17.5 Å². The number of hydrogen-bond acceptors (Lipinski definition) is 3. The summed E-state index contributed by atoms with van der Waals surface area (Å²) in [7, 11) is 0. The SMILES string of the molecule is Cc1ccc(-c2n[nH]c(=S)n2CC(=O)N2CC=C(c3ccccc3)CC2)cc1. The average Bonchev–Trinajstić information content (AvgIpc) is 3.09. The quantitative estimate of drug-likeness (QED) is 0.678. The van der Waals surface area contributed by atoms with Crippen LogP contribution in [0.2, 0.25) is 0 Å². The van der Waals surface area contributed by atoms with Crippen molar-refractivity contribution in [2.75, 3.05) is 13.1 Å². The lowest BCUT2D eigenvalue weighted by atomic mass is 9.99. The van der Waals surface area contributed by atoms with Crippen LogP contribution < -0.4 is 0 Å². The zero-order valence-electron chi connectivity index (χ0n) is 15.8. The number of amides is 1. The van der Waals surface area contributed by atoms with E-state index < -0.39 is 0 Å². The number of carbonyl (C=O) groups is 1. The van der Waals surface area contributed by atoms with Crippen molar-refractivity contribution in [2.24, 2.45) is 0 Å². The Balaban J connectivity index is 1.49. The average molecular weight is 391 g/mol. The van der Waals surface area contributed by atoms with Crippen LogP contribution in [0.4, 0.5) is 0 Å². The molecule has 3 aromatic rings. The summed E-state index contributed by atoms with van der Waals surface area (Å²) in [6, 6.07) is 18.4. The van der Waals surface area contributed by atoms with Crippen LogP contribution in [-0.4, -0.2) is 38.7 Å².